The number of hydrogen-bond acceptors (Lipinski definition) is 5. The molecular formula is C13H17N3O2S2. The van der Waals surface area contributed by atoms with Crippen LogP contribution in [0, 0.1) is 13.8 Å². The summed E-state index contributed by atoms with van der Waals surface area (Å²) < 4.78 is 27.2. The highest BCUT2D eigenvalue weighted by atomic mass is 32.2. The van der Waals surface area contributed by atoms with Crippen LogP contribution < -0.4 is 10.0 Å². The molecule has 2 aromatic rings. The molecule has 0 atom stereocenters. The Bertz CT molecular complexity index is 708. The maximum Gasteiger partial charge on any atom is 0.262 e. The van der Waals surface area contributed by atoms with Gasteiger partial charge in [0.05, 0.1) is 16.3 Å². The molecule has 0 amide bonds. The predicted molar refractivity (Wildman–Crippen MR) is 81.6 cm³/mol. The summed E-state index contributed by atoms with van der Waals surface area (Å²) in [7, 11) is -1.73. The third-order valence-corrected chi connectivity index (χ3v) is 5.19. The number of anilines is 1. The summed E-state index contributed by atoms with van der Waals surface area (Å²) in [4.78, 5) is 5.51. The fourth-order valence-corrected chi connectivity index (χ4v) is 4.17. The van der Waals surface area contributed by atoms with Gasteiger partial charge in [0, 0.05) is 22.5 Å². The number of pyridine rings is 1. The highest BCUT2D eigenvalue weighted by Gasteiger charge is 2.17. The second-order valence-corrected chi connectivity index (χ2v) is 7.15. The summed E-state index contributed by atoms with van der Waals surface area (Å²) in [6.07, 6.45) is 0. The van der Waals surface area contributed by atoms with Crippen molar-refractivity contribution in [2.75, 3.05) is 11.8 Å². The van der Waals surface area contributed by atoms with Crippen LogP contribution in [-0.4, -0.2) is 20.4 Å². The summed E-state index contributed by atoms with van der Waals surface area (Å²) in [6.45, 7) is 4.31. The van der Waals surface area contributed by atoms with Gasteiger partial charge in [0.2, 0.25) is 0 Å². The molecule has 5 nitrogen and oxygen atoms in total. The van der Waals surface area contributed by atoms with Crippen molar-refractivity contribution in [1.29, 1.82) is 0 Å². The minimum Gasteiger partial charge on any atom is -0.315 e. The van der Waals surface area contributed by atoms with E-state index < -0.39 is 10.0 Å². The van der Waals surface area contributed by atoms with Gasteiger partial charge < -0.3 is 5.32 Å². The van der Waals surface area contributed by atoms with Gasteiger partial charge in [0.1, 0.15) is 0 Å². The van der Waals surface area contributed by atoms with Gasteiger partial charge in [-0.3, -0.25) is 9.71 Å². The molecule has 0 radical (unpaired) electrons. The molecule has 0 bridgehead atoms. The van der Waals surface area contributed by atoms with Gasteiger partial charge in [-0.25, -0.2) is 8.42 Å². The van der Waals surface area contributed by atoms with Crippen molar-refractivity contribution in [3.05, 3.63) is 39.8 Å². The number of nitrogens with one attached hydrogen (secondary N) is 2. The summed E-state index contributed by atoms with van der Waals surface area (Å²) in [6, 6.07) is 5.20. The van der Waals surface area contributed by atoms with Crippen LogP contribution in [0.15, 0.2) is 28.5 Å². The van der Waals surface area contributed by atoms with Crippen molar-refractivity contribution in [1.82, 2.24) is 10.3 Å². The molecule has 2 heterocycles. The molecule has 2 aromatic heterocycles. The minimum atomic E-state index is -3.55. The third-order valence-electron chi connectivity index (χ3n) is 2.76. The number of aromatic nitrogens is 1. The van der Waals surface area contributed by atoms with E-state index in [2.05, 4.69) is 15.0 Å². The highest BCUT2D eigenvalue weighted by molar-refractivity contribution is 7.92. The molecule has 0 aliphatic carbocycles. The molecular weight excluding hydrogens is 294 g/mol. The van der Waals surface area contributed by atoms with Crippen LogP contribution in [0.2, 0.25) is 0 Å². The number of aryl methyl sites for hydroxylation is 2. The smallest absolute Gasteiger partial charge is 0.262 e. The molecule has 0 aliphatic heterocycles. The zero-order valence-electron chi connectivity index (χ0n) is 11.6. The van der Waals surface area contributed by atoms with Crippen molar-refractivity contribution in [3.63, 3.8) is 0 Å². The quantitative estimate of drug-likeness (QED) is 0.888. The molecule has 7 heteroatoms. The van der Waals surface area contributed by atoms with Crippen molar-refractivity contribution in [2.45, 2.75) is 25.3 Å². The first-order valence-corrected chi connectivity index (χ1v) is 8.48. The molecule has 20 heavy (non-hydrogen) atoms. The van der Waals surface area contributed by atoms with E-state index in [-0.39, 0.29) is 4.90 Å². The van der Waals surface area contributed by atoms with Gasteiger partial charge in [-0.05, 0) is 39.1 Å². The van der Waals surface area contributed by atoms with Crippen molar-refractivity contribution >= 4 is 27.0 Å². The van der Waals surface area contributed by atoms with E-state index in [9.17, 15) is 8.42 Å². The van der Waals surface area contributed by atoms with Crippen LogP contribution in [0.3, 0.4) is 0 Å². The molecule has 0 aromatic carbocycles. The fraction of sp³-hybridized carbons (Fsp3) is 0.308. The Morgan fingerprint density at radius 3 is 2.70 bits per heavy atom. The average Bonchev–Trinajstić information content (AvgIpc) is 2.83. The number of hydrogen-bond donors (Lipinski definition) is 2. The number of rotatable bonds is 5. The lowest BCUT2D eigenvalue weighted by Gasteiger charge is -2.09. The van der Waals surface area contributed by atoms with Crippen LogP contribution >= 0.6 is 11.3 Å². The lowest BCUT2D eigenvalue weighted by Crippen LogP contribution is -2.13. The van der Waals surface area contributed by atoms with Gasteiger partial charge in [0.15, 0.2) is 0 Å². The molecule has 0 aliphatic rings. The van der Waals surface area contributed by atoms with E-state index in [1.54, 1.807) is 30.5 Å². The minimum absolute atomic E-state index is 0.285. The largest absolute Gasteiger partial charge is 0.315 e. The van der Waals surface area contributed by atoms with E-state index >= 15 is 0 Å². The fourth-order valence-electron chi connectivity index (χ4n) is 1.77. The zero-order valence-corrected chi connectivity index (χ0v) is 13.2. The average molecular weight is 311 g/mol. The Kier molecular flexibility index (Phi) is 4.42. The molecule has 0 unspecified atom stereocenters. The SMILES string of the molecule is CNCc1cc(S(=O)(=O)Nc2ccc(C)nc2C)cs1. The summed E-state index contributed by atoms with van der Waals surface area (Å²) in [5, 5.41) is 4.64. The topological polar surface area (TPSA) is 71.1 Å². The third kappa shape index (κ3) is 3.36. The Morgan fingerprint density at radius 2 is 2.05 bits per heavy atom. The lowest BCUT2D eigenvalue weighted by molar-refractivity contribution is 0.601. The molecule has 0 spiro atoms. The molecule has 2 rings (SSSR count). The molecule has 0 fully saturated rings. The first-order chi connectivity index (χ1) is 9.42. The maximum absolute atomic E-state index is 12.3. The normalized spacial score (nSPS) is 11.6. The maximum atomic E-state index is 12.3. The van der Waals surface area contributed by atoms with Crippen LogP contribution in [0.1, 0.15) is 16.3 Å². The highest BCUT2D eigenvalue weighted by Crippen LogP contribution is 2.23. The van der Waals surface area contributed by atoms with Crippen LogP contribution in [0.25, 0.3) is 0 Å². The van der Waals surface area contributed by atoms with E-state index in [1.807, 2.05) is 14.0 Å². The van der Waals surface area contributed by atoms with Crippen LogP contribution in [0.5, 0.6) is 0 Å². The number of sulfonamides is 1. The Hall–Kier alpha value is -1.44. The van der Waals surface area contributed by atoms with E-state index in [1.165, 1.54) is 11.3 Å². The van der Waals surface area contributed by atoms with E-state index in [0.29, 0.717) is 17.9 Å². The summed E-state index contributed by atoms with van der Waals surface area (Å²) in [5.41, 5.74) is 2.04. The zero-order chi connectivity index (χ0) is 14.8. The first-order valence-electron chi connectivity index (χ1n) is 6.11. The number of thiophene rings is 1. The van der Waals surface area contributed by atoms with Crippen molar-refractivity contribution < 1.29 is 8.42 Å². The van der Waals surface area contributed by atoms with E-state index in [0.717, 1.165) is 10.6 Å². The Balaban J connectivity index is 2.26. The summed E-state index contributed by atoms with van der Waals surface area (Å²) in [5.74, 6) is 0. The second-order valence-electron chi connectivity index (χ2n) is 4.47. The van der Waals surface area contributed by atoms with Gasteiger partial charge in [-0.15, -0.1) is 11.3 Å². The van der Waals surface area contributed by atoms with Gasteiger partial charge in [-0.1, -0.05) is 0 Å². The van der Waals surface area contributed by atoms with Crippen LogP contribution in [-0.2, 0) is 16.6 Å². The molecule has 2 N–H and O–H groups in total. The van der Waals surface area contributed by atoms with Gasteiger partial charge in [0.25, 0.3) is 10.0 Å². The van der Waals surface area contributed by atoms with Crippen molar-refractivity contribution in [2.24, 2.45) is 0 Å². The standard InChI is InChI=1S/C13H17N3O2S2/c1-9-4-5-13(10(2)15-9)16-20(17,18)12-6-11(7-14-3)19-8-12/h4-6,8,14,16H,7H2,1-3H3. The van der Waals surface area contributed by atoms with Crippen molar-refractivity contribution in [3.8, 4) is 0 Å². The van der Waals surface area contributed by atoms with Crippen LogP contribution in [0.4, 0.5) is 5.69 Å². The number of nitrogens with zero attached hydrogens (tertiary/aromatic N) is 1. The Morgan fingerprint density at radius 1 is 1.30 bits per heavy atom. The summed E-state index contributed by atoms with van der Waals surface area (Å²) >= 11 is 1.42. The predicted octanol–water partition coefficient (Wildman–Crippen LogP) is 2.28. The molecule has 0 saturated heterocycles. The van der Waals surface area contributed by atoms with Gasteiger partial charge in [-0.2, -0.15) is 0 Å². The monoisotopic (exact) mass is 311 g/mol. The van der Waals surface area contributed by atoms with E-state index in [4.69, 9.17) is 0 Å². The lowest BCUT2D eigenvalue weighted by atomic mass is 10.3. The molecule has 108 valence electrons. The Labute approximate surface area is 123 Å². The molecule has 0 saturated carbocycles. The second kappa shape index (κ2) is 5.90. The first kappa shape index (κ1) is 15.0. The van der Waals surface area contributed by atoms with Gasteiger partial charge >= 0.3 is 0 Å².